The van der Waals surface area contributed by atoms with Gasteiger partial charge in [0, 0.05) is 31.0 Å². The summed E-state index contributed by atoms with van der Waals surface area (Å²) < 4.78 is 5.90. The Bertz CT molecular complexity index is 1300. The van der Waals surface area contributed by atoms with Gasteiger partial charge in [0.25, 0.3) is 11.7 Å². The average molecular weight is 521 g/mol. The molecule has 3 aromatic carbocycles. The van der Waals surface area contributed by atoms with E-state index in [-0.39, 0.29) is 11.3 Å². The molecule has 1 saturated heterocycles. The third kappa shape index (κ3) is 4.19. The maximum absolute atomic E-state index is 13.3. The summed E-state index contributed by atoms with van der Waals surface area (Å²) in [4.78, 5) is 30.0. The highest BCUT2D eigenvalue weighted by atomic mass is 79.9. The number of methoxy groups -OCH3 is 1. The Labute approximate surface area is 207 Å². The van der Waals surface area contributed by atoms with Gasteiger partial charge in [0.1, 0.15) is 11.5 Å². The number of ketones is 1. The quantitative estimate of drug-likeness (QED) is 0.275. The van der Waals surface area contributed by atoms with E-state index in [4.69, 9.17) is 4.74 Å². The lowest BCUT2D eigenvalue weighted by molar-refractivity contribution is -0.132. The number of carbonyl (C=O) groups excluding carboxylic acids is 2. The second kappa shape index (κ2) is 9.35. The lowest BCUT2D eigenvalue weighted by atomic mass is 9.94. The minimum Gasteiger partial charge on any atom is -0.507 e. The molecular weight excluding hydrogens is 496 g/mol. The molecule has 1 aliphatic rings. The summed E-state index contributed by atoms with van der Waals surface area (Å²) in [6.45, 7) is 1.93. The van der Waals surface area contributed by atoms with Crippen LogP contribution in [0.15, 0.2) is 76.8 Å². The Morgan fingerprint density at radius 3 is 2.32 bits per heavy atom. The maximum Gasteiger partial charge on any atom is 0.300 e. The number of amides is 1. The summed E-state index contributed by atoms with van der Waals surface area (Å²) >= 11 is 3.42. The second-order valence-electron chi connectivity index (χ2n) is 8.34. The van der Waals surface area contributed by atoms with Gasteiger partial charge in [-0.05, 0) is 76.4 Å². The van der Waals surface area contributed by atoms with Crippen LogP contribution in [0.1, 0.15) is 22.7 Å². The number of nitrogens with zero attached hydrogens (tertiary/aromatic N) is 2. The van der Waals surface area contributed by atoms with Crippen LogP contribution >= 0.6 is 15.9 Å². The normalized spacial score (nSPS) is 17.2. The molecule has 0 bridgehead atoms. The number of carbonyl (C=O) groups is 2. The zero-order valence-corrected chi connectivity index (χ0v) is 21.0. The van der Waals surface area contributed by atoms with Crippen molar-refractivity contribution < 1.29 is 19.4 Å². The molecule has 1 unspecified atom stereocenters. The van der Waals surface area contributed by atoms with Gasteiger partial charge in [-0.15, -0.1) is 0 Å². The highest BCUT2D eigenvalue weighted by Gasteiger charge is 2.47. The van der Waals surface area contributed by atoms with Gasteiger partial charge in [0.05, 0.1) is 23.2 Å². The van der Waals surface area contributed by atoms with E-state index in [9.17, 15) is 14.7 Å². The molecule has 0 aromatic heterocycles. The number of aliphatic hydroxyl groups excluding tert-OH is 1. The topological polar surface area (TPSA) is 70.1 Å². The lowest BCUT2D eigenvalue weighted by Crippen LogP contribution is -2.29. The third-order valence-electron chi connectivity index (χ3n) is 5.87. The molecule has 0 radical (unpaired) electrons. The van der Waals surface area contributed by atoms with Gasteiger partial charge in [-0.1, -0.05) is 24.3 Å². The van der Waals surface area contributed by atoms with E-state index in [0.29, 0.717) is 21.5 Å². The Balaban J connectivity index is 1.93. The van der Waals surface area contributed by atoms with Crippen LogP contribution in [0.4, 0.5) is 11.4 Å². The minimum atomic E-state index is -0.779. The van der Waals surface area contributed by atoms with Gasteiger partial charge in [-0.25, -0.2) is 0 Å². The van der Waals surface area contributed by atoms with Crippen LogP contribution in [0.25, 0.3) is 5.76 Å². The summed E-state index contributed by atoms with van der Waals surface area (Å²) in [5.74, 6) is -1.06. The fourth-order valence-corrected chi connectivity index (χ4v) is 4.66. The van der Waals surface area contributed by atoms with E-state index in [0.717, 1.165) is 16.8 Å². The van der Waals surface area contributed by atoms with Gasteiger partial charge >= 0.3 is 0 Å². The molecule has 1 fully saturated rings. The summed E-state index contributed by atoms with van der Waals surface area (Å²) in [6.07, 6.45) is 0. The number of hydrogen-bond acceptors (Lipinski definition) is 5. The van der Waals surface area contributed by atoms with E-state index in [1.165, 1.54) is 4.90 Å². The first-order valence-electron chi connectivity index (χ1n) is 10.7. The molecule has 34 heavy (non-hydrogen) atoms. The van der Waals surface area contributed by atoms with Gasteiger partial charge in [0.15, 0.2) is 0 Å². The van der Waals surface area contributed by atoms with Crippen molar-refractivity contribution in [2.75, 3.05) is 31.0 Å². The van der Waals surface area contributed by atoms with E-state index in [1.807, 2.05) is 68.4 Å². The molecule has 1 aliphatic heterocycles. The van der Waals surface area contributed by atoms with Crippen molar-refractivity contribution in [1.29, 1.82) is 0 Å². The van der Waals surface area contributed by atoms with Crippen LogP contribution in [0.5, 0.6) is 5.75 Å². The van der Waals surface area contributed by atoms with Gasteiger partial charge in [0.2, 0.25) is 0 Å². The average Bonchev–Trinajstić information content (AvgIpc) is 3.09. The standard InChI is InChI=1S/C27H25BrN2O4/c1-16-6-5-7-20(14-16)30-24(17-8-11-19(12-9-17)29(2)3)23(26(32)27(30)33)25(31)18-10-13-22(34-4)21(28)15-18/h5-15,24,31H,1-4H3/b25-23-. The van der Waals surface area contributed by atoms with Crippen molar-refractivity contribution in [2.24, 2.45) is 0 Å². The Hall–Kier alpha value is -3.58. The molecule has 4 rings (SSSR count). The summed E-state index contributed by atoms with van der Waals surface area (Å²) in [5.41, 5.74) is 3.71. The molecule has 0 aliphatic carbocycles. The first-order chi connectivity index (χ1) is 16.2. The summed E-state index contributed by atoms with van der Waals surface area (Å²) in [6, 6.07) is 19.3. The van der Waals surface area contributed by atoms with Gasteiger partial charge in [-0.3, -0.25) is 14.5 Å². The van der Waals surface area contributed by atoms with Crippen LogP contribution in [-0.4, -0.2) is 38.0 Å². The number of benzene rings is 3. The van der Waals surface area contributed by atoms with Crippen LogP contribution in [0.3, 0.4) is 0 Å². The van der Waals surface area contributed by atoms with E-state index in [1.54, 1.807) is 31.4 Å². The molecule has 1 heterocycles. The second-order valence-corrected chi connectivity index (χ2v) is 9.20. The molecular formula is C27H25BrN2O4. The molecule has 1 N–H and O–H groups in total. The maximum atomic E-state index is 13.3. The Morgan fingerprint density at radius 1 is 1.03 bits per heavy atom. The Kier molecular flexibility index (Phi) is 6.48. The number of rotatable bonds is 5. The minimum absolute atomic E-state index is 0.0428. The van der Waals surface area contributed by atoms with Crippen molar-refractivity contribution >= 4 is 44.8 Å². The highest BCUT2D eigenvalue weighted by molar-refractivity contribution is 9.10. The number of aryl methyl sites for hydroxylation is 1. The molecule has 7 heteroatoms. The zero-order valence-electron chi connectivity index (χ0n) is 19.4. The fourth-order valence-electron chi connectivity index (χ4n) is 4.12. The molecule has 3 aromatic rings. The van der Waals surface area contributed by atoms with Crippen molar-refractivity contribution in [3.63, 3.8) is 0 Å². The molecule has 0 spiro atoms. The SMILES string of the molecule is COc1ccc(/C(O)=C2/C(=O)C(=O)N(c3cccc(C)c3)C2c2ccc(N(C)C)cc2)cc1Br. The van der Waals surface area contributed by atoms with Gasteiger partial charge in [-0.2, -0.15) is 0 Å². The number of anilines is 2. The smallest absolute Gasteiger partial charge is 0.300 e. The predicted molar refractivity (Wildman–Crippen MR) is 137 cm³/mol. The van der Waals surface area contributed by atoms with Crippen molar-refractivity contribution in [3.8, 4) is 5.75 Å². The summed E-state index contributed by atoms with van der Waals surface area (Å²) in [7, 11) is 5.43. The van der Waals surface area contributed by atoms with E-state index >= 15 is 0 Å². The predicted octanol–water partition coefficient (Wildman–Crippen LogP) is 5.46. The number of aliphatic hydroxyl groups is 1. The Morgan fingerprint density at radius 2 is 1.74 bits per heavy atom. The van der Waals surface area contributed by atoms with Crippen molar-refractivity contribution in [3.05, 3.63) is 93.5 Å². The van der Waals surface area contributed by atoms with Crippen molar-refractivity contribution in [1.82, 2.24) is 0 Å². The van der Waals surface area contributed by atoms with Crippen LogP contribution in [0.2, 0.25) is 0 Å². The molecule has 1 atom stereocenters. The van der Waals surface area contributed by atoms with Crippen LogP contribution in [0, 0.1) is 6.92 Å². The molecule has 0 saturated carbocycles. The fraction of sp³-hybridized carbons (Fsp3) is 0.185. The first kappa shape index (κ1) is 23.6. The largest absolute Gasteiger partial charge is 0.507 e. The van der Waals surface area contributed by atoms with E-state index < -0.39 is 17.7 Å². The zero-order chi connectivity index (χ0) is 24.6. The lowest BCUT2D eigenvalue weighted by Gasteiger charge is -2.26. The monoisotopic (exact) mass is 520 g/mol. The summed E-state index contributed by atoms with van der Waals surface area (Å²) in [5, 5.41) is 11.3. The van der Waals surface area contributed by atoms with Gasteiger partial charge < -0.3 is 14.7 Å². The van der Waals surface area contributed by atoms with E-state index in [2.05, 4.69) is 15.9 Å². The number of hydrogen-bond donors (Lipinski definition) is 1. The third-order valence-corrected chi connectivity index (χ3v) is 6.49. The first-order valence-corrected chi connectivity index (χ1v) is 11.5. The van der Waals surface area contributed by atoms with Crippen molar-refractivity contribution in [2.45, 2.75) is 13.0 Å². The molecule has 1 amide bonds. The number of ether oxygens (including phenoxy) is 1. The number of halogens is 1. The highest BCUT2D eigenvalue weighted by Crippen LogP contribution is 2.43. The van der Waals surface area contributed by atoms with Crippen LogP contribution < -0.4 is 14.5 Å². The number of Topliss-reactive ketones (excluding diaryl/α,β-unsaturated/α-hetero) is 1. The van der Waals surface area contributed by atoms with Crippen LogP contribution in [-0.2, 0) is 9.59 Å². The molecule has 174 valence electrons. The molecule has 6 nitrogen and oxygen atoms in total.